The third-order valence-electron chi connectivity index (χ3n) is 3.04. The van der Waals surface area contributed by atoms with Crippen LogP contribution in [0.1, 0.15) is 12.5 Å². The van der Waals surface area contributed by atoms with Crippen molar-refractivity contribution in [3.8, 4) is 0 Å². The number of nitro groups is 1. The van der Waals surface area contributed by atoms with Crippen molar-refractivity contribution in [2.75, 3.05) is 25.0 Å². The number of nitrogens with zero attached hydrogens (tertiary/aromatic N) is 2. The van der Waals surface area contributed by atoms with Gasteiger partial charge in [0.1, 0.15) is 5.69 Å². The highest BCUT2D eigenvalue weighted by Gasteiger charge is 2.23. The summed E-state index contributed by atoms with van der Waals surface area (Å²) in [7, 11) is 0. The lowest BCUT2D eigenvalue weighted by atomic mass is 10.1. The Balaban J connectivity index is 2.16. The average Bonchev–Trinajstić information content (AvgIpc) is 2.37. The molecular formula is C13H16N4O4. The van der Waals surface area contributed by atoms with Crippen LogP contribution in [0.5, 0.6) is 0 Å². The van der Waals surface area contributed by atoms with E-state index in [0.29, 0.717) is 18.8 Å². The van der Waals surface area contributed by atoms with Crippen LogP contribution in [-0.2, 0) is 16.1 Å². The first-order valence-electron chi connectivity index (χ1n) is 6.56. The van der Waals surface area contributed by atoms with Crippen molar-refractivity contribution < 1.29 is 14.5 Å². The van der Waals surface area contributed by atoms with Gasteiger partial charge in [-0.1, -0.05) is 6.07 Å². The Morgan fingerprint density at radius 3 is 2.57 bits per heavy atom. The van der Waals surface area contributed by atoms with Crippen molar-refractivity contribution >= 4 is 23.2 Å². The highest BCUT2D eigenvalue weighted by atomic mass is 16.6. The molecule has 0 saturated carbocycles. The molecule has 21 heavy (non-hydrogen) atoms. The first-order chi connectivity index (χ1) is 9.99. The quantitative estimate of drug-likeness (QED) is 0.465. The van der Waals surface area contributed by atoms with Gasteiger partial charge in [0.15, 0.2) is 0 Å². The Labute approximate surface area is 121 Å². The lowest BCUT2D eigenvalue weighted by molar-refractivity contribution is -0.384. The molecule has 0 radical (unpaired) electrons. The van der Waals surface area contributed by atoms with Crippen molar-refractivity contribution in [1.82, 2.24) is 10.2 Å². The first kappa shape index (κ1) is 14.9. The maximum Gasteiger partial charge on any atom is 0.292 e. The molecule has 1 heterocycles. The summed E-state index contributed by atoms with van der Waals surface area (Å²) < 4.78 is 0. The minimum Gasteiger partial charge on any atom is -0.380 e. The van der Waals surface area contributed by atoms with Gasteiger partial charge in [0.2, 0.25) is 11.8 Å². The number of amides is 2. The van der Waals surface area contributed by atoms with E-state index in [0.717, 1.165) is 5.56 Å². The zero-order chi connectivity index (χ0) is 15.4. The molecule has 1 aromatic carbocycles. The molecule has 1 aliphatic heterocycles. The van der Waals surface area contributed by atoms with Crippen LogP contribution in [0.25, 0.3) is 0 Å². The summed E-state index contributed by atoms with van der Waals surface area (Å²) in [6, 6.07) is 4.74. The summed E-state index contributed by atoms with van der Waals surface area (Å²) in [5.41, 5.74) is 1.25. The molecule has 8 nitrogen and oxygen atoms in total. The molecule has 112 valence electrons. The van der Waals surface area contributed by atoms with Gasteiger partial charge in [0.05, 0.1) is 18.0 Å². The van der Waals surface area contributed by atoms with Crippen molar-refractivity contribution in [1.29, 1.82) is 0 Å². The number of hydrogen-bond acceptors (Lipinski definition) is 6. The summed E-state index contributed by atoms with van der Waals surface area (Å²) in [6.07, 6.45) is 0. The second kappa shape index (κ2) is 6.31. The van der Waals surface area contributed by atoms with Crippen molar-refractivity contribution in [3.05, 3.63) is 33.9 Å². The monoisotopic (exact) mass is 292 g/mol. The van der Waals surface area contributed by atoms with E-state index in [1.165, 1.54) is 6.07 Å². The number of anilines is 1. The Kier molecular flexibility index (Phi) is 4.49. The molecule has 0 bridgehead atoms. The third kappa shape index (κ3) is 3.76. The molecule has 1 aliphatic rings. The predicted molar refractivity (Wildman–Crippen MR) is 75.7 cm³/mol. The summed E-state index contributed by atoms with van der Waals surface area (Å²) >= 11 is 0. The highest BCUT2D eigenvalue weighted by molar-refractivity contribution is 5.99. The normalized spacial score (nSPS) is 15.7. The van der Waals surface area contributed by atoms with Gasteiger partial charge >= 0.3 is 0 Å². The maximum atomic E-state index is 11.3. The molecule has 0 aliphatic carbocycles. The lowest BCUT2D eigenvalue weighted by Gasteiger charge is -2.25. The topological polar surface area (TPSA) is 105 Å². The zero-order valence-electron chi connectivity index (χ0n) is 11.6. The Bertz CT molecular complexity index is 572. The van der Waals surface area contributed by atoms with Gasteiger partial charge in [-0.25, -0.2) is 0 Å². The Morgan fingerprint density at radius 1 is 1.33 bits per heavy atom. The van der Waals surface area contributed by atoms with Crippen LogP contribution in [0.4, 0.5) is 11.4 Å². The first-order valence-corrected chi connectivity index (χ1v) is 6.56. The van der Waals surface area contributed by atoms with Crippen molar-refractivity contribution in [2.45, 2.75) is 13.5 Å². The molecule has 2 amide bonds. The smallest absolute Gasteiger partial charge is 0.292 e. The molecule has 0 unspecified atom stereocenters. The summed E-state index contributed by atoms with van der Waals surface area (Å²) in [5, 5.41) is 16.1. The number of carbonyl (C=O) groups is 2. The lowest BCUT2D eigenvalue weighted by Crippen LogP contribution is -2.50. The van der Waals surface area contributed by atoms with Crippen LogP contribution >= 0.6 is 0 Å². The average molecular weight is 292 g/mol. The van der Waals surface area contributed by atoms with Crippen LogP contribution in [0.3, 0.4) is 0 Å². The molecule has 1 aromatic rings. The third-order valence-corrected chi connectivity index (χ3v) is 3.04. The molecule has 1 fully saturated rings. The van der Waals surface area contributed by atoms with Crippen LogP contribution < -0.4 is 10.6 Å². The fourth-order valence-corrected chi connectivity index (χ4v) is 2.24. The molecule has 1 saturated heterocycles. The fourth-order valence-electron chi connectivity index (χ4n) is 2.24. The van der Waals surface area contributed by atoms with Gasteiger partial charge in [-0.2, -0.15) is 0 Å². The van der Waals surface area contributed by atoms with E-state index in [1.807, 2.05) is 6.92 Å². The Hall–Kier alpha value is -2.48. The molecule has 0 atom stereocenters. The van der Waals surface area contributed by atoms with Crippen molar-refractivity contribution in [2.24, 2.45) is 0 Å². The standard InChI is InChI=1S/C13H16N4O4/c1-2-14-10-5-9(3-4-11(10)17(20)21)6-16-7-12(18)15-13(19)8-16/h3-5,14H,2,6-8H2,1H3,(H,15,18,19). The number of benzene rings is 1. The Morgan fingerprint density at radius 2 is 2.00 bits per heavy atom. The number of nitrogens with one attached hydrogen (secondary N) is 2. The number of carbonyl (C=O) groups excluding carboxylic acids is 2. The number of hydrogen-bond donors (Lipinski definition) is 2. The van der Waals surface area contributed by atoms with E-state index >= 15 is 0 Å². The summed E-state index contributed by atoms with van der Waals surface area (Å²) in [6.45, 7) is 3.08. The van der Waals surface area contributed by atoms with Crippen molar-refractivity contribution in [3.63, 3.8) is 0 Å². The maximum absolute atomic E-state index is 11.3. The van der Waals surface area contributed by atoms with Gasteiger partial charge < -0.3 is 5.32 Å². The van der Waals surface area contributed by atoms with Gasteiger partial charge in [-0.05, 0) is 18.6 Å². The number of nitro benzene ring substituents is 1. The van der Waals surface area contributed by atoms with Gasteiger partial charge in [0.25, 0.3) is 5.69 Å². The highest BCUT2D eigenvalue weighted by Crippen LogP contribution is 2.26. The van der Waals surface area contributed by atoms with E-state index < -0.39 is 4.92 Å². The predicted octanol–water partition coefficient (Wildman–Crippen LogP) is 0.485. The van der Waals surface area contributed by atoms with E-state index in [4.69, 9.17) is 0 Å². The molecule has 8 heteroatoms. The number of rotatable bonds is 5. The van der Waals surface area contributed by atoms with Gasteiger partial charge in [0, 0.05) is 19.2 Å². The minimum absolute atomic E-state index is 0.00747. The molecule has 0 spiro atoms. The van der Waals surface area contributed by atoms with Crippen LogP contribution in [-0.4, -0.2) is 41.3 Å². The van der Waals surface area contributed by atoms with E-state index in [-0.39, 0.29) is 30.6 Å². The van der Waals surface area contributed by atoms with Crippen LogP contribution in [0.15, 0.2) is 18.2 Å². The zero-order valence-corrected chi connectivity index (χ0v) is 11.6. The van der Waals surface area contributed by atoms with E-state index in [9.17, 15) is 19.7 Å². The van der Waals surface area contributed by atoms with E-state index in [1.54, 1.807) is 17.0 Å². The number of imide groups is 1. The second-order valence-corrected chi connectivity index (χ2v) is 4.76. The molecular weight excluding hydrogens is 276 g/mol. The fraction of sp³-hybridized carbons (Fsp3) is 0.385. The second-order valence-electron chi connectivity index (χ2n) is 4.76. The minimum atomic E-state index is -0.445. The van der Waals surface area contributed by atoms with E-state index in [2.05, 4.69) is 10.6 Å². The van der Waals surface area contributed by atoms with Gasteiger partial charge in [-0.15, -0.1) is 0 Å². The number of piperazine rings is 1. The molecule has 2 N–H and O–H groups in total. The van der Waals surface area contributed by atoms with Crippen LogP contribution in [0, 0.1) is 10.1 Å². The largest absolute Gasteiger partial charge is 0.380 e. The van der Waals surface area contributed by atoms with Gasteiger partial charge in [-0.3, -0.25) is 29.9 Å². The molecule has 2 rings (SSSR count). The summed E-state index contributed by atoms with van der Waals surface area (Å²) in [5.74, 6) is -0.667. The molecule has 0 aromatic heterocycles. The van der Waals surface area contributed by atoms with Crippen LogP contribution in [0.2, 0.25) is 0 Å². The SMILES string of the molecule is CCNc1cc(CN2CC(=O)NC(=O)C2)ccc1[N+](=O)[O-]. The summed E-state index contributed by atoms with van der Waals surface area (Å²) in [4.78, 5) is 34.8.